The van der Waals surface area contributed by atoms with Gasteiger partial charge in [-0.2, -0.15) is 0 Å². The van der Waals surface area contributed by atoms with Crippen LogP contribution in [0.15, 0.2) is 18.2 Å². The maximum Gasteiger partial charge on any atom is 0.241 e. The van der Waals surface area contributed by atoms with Crippen LogP contribution in [0.5, 0.6) is 0 Å². The standard InChI is InChI=1S/C16H21ClN2O3/c1-12-2-3-14(13(17)10-12)18-11-15(20)19-6-4-16(5-7-19)21-8-9-22-16/h2-3,10,18H,4-9,11H2,1H3. The van der Waals surface area contributed by atoms with E-state index < -0.39 is 5.79 Å². The molecule has 2 heterocycles. The molecule has 2 aliphatic heterocycles. The number of nitrogens with zero attached hydrogens (tertiary/aromatic N) is 1. The van der Waals surface area contributed by atoms with E-state index in [4.69, 9.17) is 21.1 Å². The fourth-order valence-electron chi connectivity index (χ4n) is 2.93. The molecule has 0 saturated carbocycles. The number of hydrogen-bond acceptors (Lipinski definition) is 4. The van der Waals surface area contributed by atoms with Crippen molar-refractivity contribution in [3.8, 4) is 0 Å². The molecule has 2 saturated heterocycles. The number of hydrogen-bond donors (Lipinski definition) is 1. The molecule has 5 nitrogen and oxygen atoms in total. The SMILES string of the molecule is Cc1ccc(NCC(=O)N2CCC3(CC2)OCCO3)c(Cl)c1. The zero-order chi connectivity index (χ0) is 15.6. The lowest BCUT2D eigenvalue weighted by molar-refractivity contribution is -0.187. The van der Waals surface area contributed by atoms with Crippen molar-refractivity contribution < 1.29 is 14.3 Å². The van der Waals surface area contributed by atoms with Gasteiger partial charge in [-0.3, -0.25) is 4.79 Å². The van der Waals surface area contributed by atoms with Gasteiger partial charge in [0.05, 0.1) is 30.5 Å². The predicted octanol–water partition coefficient (Wildman–Crippen LogP) is 2.43. The zero-order valence-corrected chi connectivity index (χ0v) is 13.5. The van der Waals surface area contributed by atoms with Crippen LogP contribution in [0, 0.1) is 6.92 Å². The summed E-state index contributed by atoms with van der Waals surface area (Å²) in [5.41, 5.74) is 1.89. The molecule has 0 bridgehead atoms. The molecule has 22 heavy (non-hydrogen) atoms. The van der Waals surface area contributed by atoms with Crippen LogP contribution < -0.4 is 5.32 Å². The summed E-state index contributed by atoms with van der Waals surface area (Å²) in [7, 11) is 0. The van der Waals surface area contributed by atoms with Gasteiger partial charge in [0.2, 0.25) is 5.91 Å². The molecule has 0 atom stereocenters. The van der Waals surface area contributed by atoms with Gasteiger partial charge in [-0.25, -0.2) is 0 Å². The highest BCUT2D eigenvalue weighted by Crippen LogP contribution is 2.31. The Morgan fingerprint density at radius 3 is 2.64 bits per heavy atom. The molecule has 6 heteroatoms. The van der Waals surface area contributed by atoms with Crippen molar-refractivity contribution in [2.45, 2.75) is 25.6 Å². The highest BCUT2D eigenvalue weighted by atomic mass is 35.5. The van der Waals surface area contributed by atoms with Crippen molar-refractivity contribution in [3.05, 3.63) is 28.8 Å². The van der Waals surface area contributed by atoms with Crippen molar-refractivity contribution >= 4 is 23.2 Å². The average molecular weight is 325 g/mol. The van der Waals surface area contributed by atoms with Gasteiger partial charge in [-0.1, -0.05) is 17.7 Å². The highest BCUT2D eigenvalue weighted by Gasteiger charge is 2.40. The van der Waals surface area contributed by atoms with E-state index in [-0.39, 0.29) is 12.5 Å². The summed E-state index contributed by atoms with van der Waals surface area (Å²) in [4.78, 5) is 14.1. The number of carbonyl (C=O) groups is 1. The van der Waals surface area contributed by atoms with E-state index in [9.17, 15) is 4.79 Å². The van der Waals surface area contributed by atoms with Gasteiger partial charge in [0.1, 0.15) is 0 Å². The van der Waals surface area contributed by atoms with Crippen LogP contribution in [-0.4, -0.2) is 49.4 Å². The van der Waals surface area contributed by atoms with Gasteiger partial charge in [0.25, 0.3) is 0 Å². The van der Waals surface area contributed by atoms with Crippen LogP contribution >= 0.6 is 11.6 Å². The molecule has 0 aromatic heterocycles. The summed E-state index contributed by atoms with van der Waals surface area (Å²) in [6, 6.07) is 5.75. The monoisotopic (exact) mass is 324 g/mol. The number of anilines is 1. The Bertz CT molecular complexity index is 548. The minimum Gasteiger partial charge on any atom is -0.375 e. The number of halogens is 1. The van der Waals surface area contributed by atoms with E-state index in [0.717, 1.165) is 24.1 Å². The van der Waals surface area contributed by atoms with E-state index >= 15 is 0 Å². The van der Waals surface area contributed by atoms with Crippen molar-refractivity contribution in [2.24, 2.45) is 0 Å². The van der Waals surface area contributed by atoms with Crippen molar-refractivity contribution in [3.63, 3.8) is 0 Å². The van der Waals surface area contributed by atoms with E-state index in [0.29, 0.717) is 31.3 Å². The lowest BCUT2D eigenvalue weighted by Crippen LogP contribution is -2.48. The van der Waals surface area contributed by atoms with Gasteiger partial charge in [-0.15, -0.1) is 0 Å². The number of likely N-dealkylation sites (tertiary alicyclic amines) is 1. The molecule has 1 aromatic rings. The second kappa shape index (κ2) is 6.44. The first-order valence-corrected chi connectivity index (χ1v) is 8.01. The van der Waals surface area contributed by atoms with Crippen molar-refractivity contribution in [2.75, 3.05) is 38.2 Å². The van der Waals surface area contributed by atoms with E-state index in [1.54, 1.807) is 0 Å². The molecule has 2 aliphatic rings. The van der Waals surface area contributed by atoms with Crippen LogP contribution in [0.2, 0.25) is 5.02 Å². The minimum absolute atomic E-state index is 0.0736. The Labute approximate surface area is 135 Å². The lowest BCUT2D eigenvalue weighted by atomic mass is 10.0. The number of piperidine rings is 1. The first-order valence-electron chi connectivity index (χ1n) is 7.64. The molecular weight excluding hydrogens is 304 g/mol. The summed E-state index contributed by atoms with van der Waals surface area (Å²) < 4.78 is 11.3. The number of nitrogens with one attached hydrogen (secondary N) is 1. The fraction of sp³-hybridized carbons (Fsp3) is 0.562. The smallest absolute Gasteiger partial charge is 0.241 e. The number of amides is 1. The number of aryl methyl sites for hydroxylation is 1. The van der Waals surface area contributed by atoms with Crippen LogP contribution in [0.25, 0.3) is 0 Å². The number of ether oxygens (including phenoxy) is 2. The Morgan fingerprint density at radius 1 is 1.32 bits per heavy atom. The average Bonchev–Trinajstić information content (AvgIpc) is 2.95. The third-order valence-electron chi connectivity index (χ3n) is 4.25. The largest absolute Gasteiger partial charge is 0.375 e. The first kappa shape index (κ1) is 15.6. The van der Waals surface area contributed by atoms with E-state index in [1.807, 2.05) is 30.0 Å². The van der Waals surface area contributed by atoms with Crippen molar-refractivity contribution in [1.82, 2.24) is 4.90 Å². The second-order valence-electron chi connectivity index (χ2n) is 5.83. The Hall–Kier alpha value is -1.30. The third kappa shape index (κ3) is 3.37. The topological polar surface area (TPSA) is 50.8 Å². The van der Waals surface area contributed by atoms with Gasteiger partial charge >= 0.3 is 0 Å². The third-order valence-corrected chi connectivity index (χ3v) is 4.56. The molecule has 2 fully saturated rings. The second-order valence-corrected chi connectivity index (χ2v) is 6.23. The Balaban J connectivity index is 1.50. The van der Waals surface area contributed by atoms with E-state index in [1.165, 1.54) is 0 Å². The number of benzene rings is 1. The molecule has 1 spiro atoms. The zero-order valence-electron chi connectivity index (χ0n) is 12.7. The first-order chi connectivity index (χ1) is 10.6. The minimum atomic E-state index is -0.440. The molecule has 1 N–H and O–H groups in total. The van der Waals surface area contributed by atoms with Gasteiger partial charge in [-0.05, 0) is 24.6 Å². The van der Waals surface area contributed by atoms with Crippen LogP contribution in [0.3, 0.4) is 0 Å². The molecule has 0 radical (unpaired) electrons. The van der Waals surface area contributed by atoms with Gasteiger partial charge < -0.3 is 19.7 Å². The normalized spacial score (nSPS) is 20.4. The molecule has 1 amide bonds. The summed E-state index contributed by atoms with van der Waals surface area (Å²) in [6.45, 7) is 4.88. The summed E-state index contributed by atoms with van der Waals surface area (Å²) in [5.74, 6) is -0.366. The van der Waals surface area contributed by atoms with Crippen LogP contribution in [0.4, 0.5) is 5.69 Å². The van der Waals surface area contributed by atoms with Crippen LogP contribution in [-0.2, 0) is 14.3 Å². The van der Waals surface area contributed by atoms with Gasteiger partial charge in [0, 0.05) is 25.9 Å². The highest BCUT2D eigenvalue weighted by molar-refractivity contribution is 6.33. The molecule has 0 unspecified atom stereocenters. The fourth-order valence-corrected chi connectivity index (χ4v) is 3.23. The molecule has 1 aromatic carbocycles. The summed E-state index contributed by atoms with van der Waals surface area (Å²) in [5, 5.41) is 3.75. The maximum absolute atomic E-state index is 12.3. The molecule has 0 aliphatic carbocycles. The Morgan fingerprint density at radius 2 is 2.00 bits per heavy atom. The van der Waals surface area contributed by atoms with Crippen LogP contribution in [0.1, 0.15) is 18.4 Å². The summed E-state index contributed by atoms with van der Waals surface area (Å²) >= 11 is 6.16. The number of rotatable bonds is 3. The predicted molar refractivity (Wildman–Crippen MR) is 85.1 cm³/mol. The lowest BCUT2D eigenvalue weighted by Gasteiger charge is -2.37. The molecule has 120 valence electrons. The summed E-state index contributed by atoms with van der Waals surface area (Å²) in [6.07, 6.45) is 1.48. The molecule has 3 rings (SSSR count). The van der Waals surface area contributed by atoms with Crippen molar-refractivity contribution in [1.29, 1.82) is 0 Å². The molecular formula is C16H21ClN2O3. The van der Waals surface area contributed by atoms with Gasteiger partial charge in [0.15, 0.2) is 5.79 Å². The quantitative estimate of drug-likeness (QED) is 0.927. The maximum atomic E-state index is 12.3. The Kier molecular flexibility index (Phi) is 4.57. The van der Waals surface area contributed by atoms with E-state index in [2.05, 4.69) is 5.32 Å². The number of carbonyl (C=O) groups excluding carboxylic acids is 1.